The summed E-state index contributed by atoms with van der Waals surface area (Å²) < 4.78 is 1.40. The molecule has 0 unspecified atom stereocenters. The van der Waals surface area contributed by atoms with E-state index < -0.39 is 0 Å². The highest BCUT2D eigenvalue weighted by atomic mass is 35.5. The number of nitrogens with zero attached hydrogens (tertiary/aromatic N) is 3. The van der Waals surface area contributed by atoms with Crippen LogP contribution in [0.5, 0.6) is 0 Å². The molecule has 0 atom stereocenters. The molecule has 0 spiro atoms. The van der Waals surface area contributed by atoms with E-state index in [1.54, 1.807) is 30.5 Å². The Bertz CT molecular complexity index is 1280. The van der Waals surface area contributed by atoms with Gasteiger partial charge in [0.2, 0.25) is 0 Å². The summed E-state index contributed by atoms with van der Waals surface area (Å²) in [7, 11) is 0. The van der Waals surface area contributed by atoms with Gasteiger partial charge in [0, 0.05) is 34.0 Å². The minimum atomic E-state index is -0.352. The molecule has 0 aliphatic rings. The molecular weight excluding hydrogens is 420 g/mol. The molecular formula is C22H17ClN4O2S. The van der Waals surface area contributed by atoms with Crippen LogP contribution in [0.15, 0.2) is 65.7 Å². The van der Waals surface area contributed by atoms with E-state index in [-0.39, 0.29) is 11.5 Å². The number of nitrogens with one attached hydrogen (secondary N) is 1. The number of halogens is 1. The van der Waals surface area contributed by atoms with E-state index in [0.717, 1.165) is 21.8 Å². The van der Waals surface area contributed by atoms with E-state index in [0.29, 0.717) is 21.4 Å². The van der Waals surface area contributed by atoms with Crippen molar-refractivity contribution in [2.75, 3.05) is 5.32 Å². The minimum absolute atomic E-state index is 0.244. The Morgan fingerprint density at radius 2 is 1.83 bits per heavy atom. The Morgan fingerprint density at radius 1 is 1.07 bits per heavy atom. The fourth-order valence-corrected chi connectivity index (χ4v) is 3.83. The first kappa shape index (κ1) is 20.0. The van der Waals surface area contributed by atoms with E-state index in [1.807, 2.05) is 26.0 Å². The standard InChI is InChI=1S/C22H17ClN4O2S/c1-13-3-9-18(24-11-13)20-14(2)30-22(25-20)26-21(29)15-4-10-19(28)27(12-15)17-7-5-16(23)6-8-17/h3-12H,1-2H3,(H,25,26,29). The number of benzene rings is 1. The van der Waals surface area contributed by atoms with E-state index in [9.17, 15) is 9.59 Å². The topological polar surface area (TPSA) is 76.9 Å². The number of hydrogen-bond acceptors (Lipinski definition) is 5. The molecule has 6 nitrogen and oxygen atoms in total. The van der Waals surface area contributed by atoms with Crippen LogP contribution in [0, 0.1) is 13.8 Å². The first-order chi connectivity index (χ1) is 14.4. The summed E-state index contributed by atoms with van der Waals surface area (Å²) in [6.45, 7) is 3.91. The van der Waals surface area contributed by atoms with Gasteiger partial charge in [0.25, 0.3) is 11.5 Å². The van der Waals surface area contributed by atoms with Gasteiger partial charge < -0.3 is 0 Å². The smallest absolute Gasteiger partial charge is 0.258 e. The maximum absolute atomic E-state index is 12.8. The van der Waals surface area contributed by atoms with Crippen molar-refractivity contribution in [3.05, 3.63) is 92.3 Å². The van der Waals surface area contributed by atoms with Crippen molar-refractivity contribution in [3.8, 4) is 17.1 Å². The Morgan fingerprint density at radius 3 is 2.53 bits per heavy atom. The summed E-state index contributed by atoms with van der Waals surface area (Å²) in [5.41, 5.74) is 3.28. The van der Waals surface area contributed by atoms with Crippen LogP contribution < -0.4 is 10.9 Å². The van der Waals surface area contributed by atoms with Gasteiger partial charge in [0.1, 0.15) is 5.69 Å². The van der Waals surface area contributed by atoms with Crippen LogP contribution >= 0.6 is 22.9 Å². The number of pyridine rings is 2. The number of amides is 1. The van der Waals surface area contributed by atoms with Crippen molar-refractivity contribution in [3.63, 3.8) is 0 Å². The zero-order valence-corrected chi connectivity index (χ0v) is 17.8. The molecule has 0 fully saturated rings. The number of carbonyl (C=O) groups excluding carboxylic acids is 1. The second-order valence-electron chi connectivity index (χ2n) is 6.70. The van der Waals surface area contributed by atoms with Crippen molar-refractivity contribution in [2.45, 2.75) is 13.8 Å². The molecule has 1 N–H and O–H groups in total. The largest absolute Gasteiger partial charge is 0.298 e. The minimum Gasteiger partial charge on any atom is -0.298 e. The highest BCUT2D eigenvalue weighted by Crippen LogP contribution is 2.29. The van der Waals surface area contributed by atoms with Gasteiger partial charge >= 0.3 is 0 Å². The predicted octanol–water partition coefficient (Wildman–Crippen LogP) is 4.88. The van der Waals surface area contributed by atoms with Crippen molar-refractivity contribution in [2.24, 2.45) is 0 Å². The molecule has 0 bridgehead atoms. The SMILES string of the molecule is Cc1ccc(-c2nc(NC(=O)c3ccc(=O)n(-c4ccc(Cl)cc4)c3)sc2C)nc1. The first-order valence-electron chi connectivity index (χ1n) is 9.11. The Balaban J connectivity index is 1.59. The molecule has 30 heavy (non-hydrogen) atoms. The van der Waals surface area contributed by atoms with Crippen molar-refractivity contribution >= 4 is 34.0 Å². The van der Waals surface area contributed by atoms with Crippen LogP contribution in [-0.2, 0) is 0 Å². The van der Waals surface area contributed by atoms with Crippen LogP contribution in [0.25, 0.3) is 17.1 Å². The summed E-state index contributed by atoms with van der Waals surface area (Å²) >= 11 is 7.29. The fourth-order valence-electron chi connectivity index (χ4n) is 2.89. The lowest BCUT2D eigenvalue weighted by Crippen LogP contribution is -2.20. The molecule has 0 saturated heterocycles. The molecule has 1 aromatic carbocycles. The Labute approximate surface area is 181 Å². The van der Waals surface area contributed by atoms with E-state index in [2.05, 4.69) is 15.3 Å². The van der Waals surface area contributed by atoms with Crippen LogP contribution in [0.4, 0.5) is 5.13 Å². The zero-order valence-electron chi connectivity index (χ0n) is 16.2. The summed E-state index contributed by atoms with van der Waals surface area (Å²) in [6.07, 6.45) is 3.29. The molecule has 150 valence electrons. The van der Waals surface area contributed by atoms with E-state index in [1.165, 1.54) is 34.2 Å². The normalized spacial score (nSPS) is 10.8. The van der Waals surface area contributed by atoms with E-state index in [4.69, 9.17) is 11.6 Å². The lowest BCUT2D eigenvalue weighted by molar-refractivity contribution is 0.102. The first-order valence-corrected chi connectivity index (χ1v) is 10.3. The third kappa shape index (κ3) is 4.17. The number of aryl methyl sites for hydroxylation is 2. The maximum Gasteiger partial charge on any atom is 0.258 e. The van der Waals surface area contributed by atoms with Crippen molar-refractivity contribution in [1.29, 1.82) is 0 Å². The van der Waals surface area contributed by atoms with Gasteiger partial charge in [-0.25, -0.2) is 4.98 Å². The molecule has 0 aliphatic carbocycles. The fraction of sp³-hybridized carbons (Fsp3) is 0.0909. The third-order valence-corrected chi connectivity index (χ3v) is 5.59. The molecule has 1 amide bonds. The molecule has 3 aromatic heterocycles. The van der Waals surface area contributed by atoms with Gasteiger partial charge in [-0.15, -0.1) is 11.3 Å². The highest BCUT2D eigenvalue weighted by molar-refractivity contribution is 7.16. The summed E-state index contributed by atoms with van der Waals surface area (Å²) in [5, 5.41) is 3.85. The number of anilines is 1. The molecule has 4 aromatic rings. The quantitative estimate of drug-likeness (QED) is 0.494. The molecule has 3 heterocycles. The van der Waals surface area contributed by atoms with Gasteiger partial charge in [-0.2, -0.15) is 0 Å². The van der Waals surface area contributed by atoms with Gasteiger partial charge in [0.05, 0.1) is 11.3 Å². The lowest BCUT2D eigenvalue weighted by Gasteiger charge is -2.08. The molecule has 8 heteroatoms. The second-order valence-corrected chi connectivity index (χ2v) is 8.34. The molecule has 0 aliphatic heterocycles. The summed E-state index contributed by atoms with van der Waals surface area (Å²) in [5.74, 6) is -0.352. The van der Waals surface area contributed by atoms with E-state index >= 15 is 0 Å². The maximum atomic E-state index is 12.8. The van der Waals surface area contributed by atoms with Crippen LogP contribution in [0.2, 0.25) is 5.02 Å². The van der Waals surface area contributed by atoms with Gasteiger partial charge in [-0.3, -0.25) is 24.5 Å². The van der Waals surface area contributed by atoms with Crippen molar-refractivity contribution < 1.29 is 4.79 Å². The van der Waals surface area contributed by atoms with Gasteiger partial charge in [-0.05, 0) is 55.8 Å². The Kier molecular flexibility index (Phi) is 5.48. The third-order valence-electron chi connectivity index (χ3n) is 4.45. The van der Waals surface area contributed by atoms with Gasteiger partial charge in [0.15, 0.2) is 5.13 Å². The zero-order chi connectivity index (χ0) is 21.3. The van der Waals surface area contributed by atoms with Gasteiger partial charge in [-0.1, -0.05) is 17.7 Å². The van der Waals surface area contributed by atoms with Crippen LogP contribution in [0.1, 0.15) is 20.8 Å². The van der Waals surface area contributed by atoms with Crippen LogP contribution in [0.3, 0.4) is 0 Å². The predicted molar refractivity (Wildman–Crippen MR) is 120 cm³/mol. The average molecular weight is 437 g/mol. The molecule has 4 rings (SSSR count). The number of carbonyl (C=O) groups is 1. The number of aromatic nitrogens is 3. The van der Waals surface area contributed by atoms with Crippen LogP contribution in [-0.4, -0.2) is 20.4 Å². The summed E-state index contributed by atoms with van der Waals surface area (Å²) in [4.78, 5) is 34.9. The van der Waals surface area contributed by atoms with Crippen molar-refractivity contribution in [1.82, 2.24) is 14.5 Å². The number of thiazole rings is 1. The Hall–Kier alpha value is -3.29. The molecule has 0 saturated carbocycles. The lowest BCUT2D eigenvalue weighted by atomic mass is 10.2. The molecule has 0 radical (unpaired) electrons. The number of rotatable bonds is 4. The highest BCUT2D eigenvalue weighted by Gasteiger charge is 2.15. The number of hydrogen-bond donors (Lipinski definition) is 1. The monoisotopic (exact) mass is 436 g/mol. The average Bonchev–Trinajstić information content (AvgIpc) is 3.09. The summed E-state index contributed by atoms with van der Waals surface area (Å²) in [6, 6.07) is 13.5. The second kappa shape index (κ2) is 8.22.